The fourth-order valence-corrected chi connectivity index (χ4v) is 3.19. The lowest BCUT2D eigenvalue weighted by Gasteiger charge is -2.08. The molecule has 0 spiro atoms. The van der Waals surface area contributed by atoms with Crippen LogP contribution in [0.1, 0.15) is 11.1 Å². The Morgan fingerprint density at radius 2 is 0.886 bits per heavy atom. The summed E-state index contributed by atoms with van der Waals surface area (Å²) in [6, 6.07) is 33.5. The largest absolute Gasteiger partial charge is 0.457 e. The van der Waals surface area contributed by atoms with E-state index in [2.05, 4.69) is 10.6 Å². The number of carbonyl (C=O) groups excluding carboxylic acids is 2. The van der Waals surface area contributed by atoms with E-state index in [0.29, 0.717) is 22.9 Å². The zero-order valence-corrected chi connectivity index (χ0v) is 18.9. The van der Waals surface area contributed by atoms with Crippen molar-refractivity contribution in [1.29, 1.82) is 0 Å². The predicted octanol–water partition coefficient (Wildman–Crippen LogP) is 6.78. The Kier molecular flexibility index (Phi) is 7.85. The maximum absolute atomic E-state index is 12.1. The lowest BCUT2D eigenvalue weighted by molar-refractivity contribution is -0.112. The lowest BCUT2D eigenvalue weighted by Crippen LogP contribution is -2.07. The number of ether oxygens (including phenoxy) is 1. The Bertz CT molecular complexity index is 1210. The van der Waals surface area contributed by atoms with Gasteiger partial charge >= 0.3 is 0 Å². The molecule has 4 aromatic rings. The zero-order valence-electron chi connectivity index (χ0n) is 18.9. The summed E-state index contributed by atoms with van der Waals surface area (Å²) in [5.74, 6) is 0.841. The lowest BCUT2D eigenvalue weighted by atomic mass is 10.2. The standard InChI is InChI=1S/C30H24N2O3/c33-29(21-11-23-7-3-1-4-8-23)31-25-13-17-27(18-14-25)35-28-19-15-26(16-20-28)32-30(34)22-12-24-9-5-2-6-10-24/h1-22H,(H,31,33)(H,32,34)/b21-11+,22-12+. The van der Waals surface area contributed by atoms with E-state index in [0.717, 1.165) is 11.1 Å². The van der Waals surface area contributed by atoms with Gasteiger partial charge in [0.1, 0.15) is 11.5 Å². The molecular weight excluding hydrogens is 436 g/mol. The van der Waals surface area contributed by atoms with Gasteiger partial charge in [-0.1, -0.05) is 60.7 Å². The van der Waals surface area contributed by atoms with Crippen molar-refractivity contribution in [2.75, 3.05) is 10.6 Å². The van der Waals surface area contributed by atoms with Crippen LogP contribution in [0, 0.1) is 0 Å². The molecule has 0 bridgehead atoms. The van der Waals surface area contributed by atoms with Gasteiger partial charge in [0.05, 0.1) is 0 Å². The summed E-state index contributed by atoms with van der Waals surface area (Å²) in [5.41, 5.74) is 3.25. The highest BCUT2D eigenvalue weighted by molar-refractivity contribution is 6.02. The van der Waals surface area contributed by atoms with Crippen molar-refractivity contribution in [3.8, 4) is 11.5 Å². The summed E-state index contributed by atoms with van der Waals surface area (Å²) in [5, 5.41) is 5.65. The van der Waals surface area contributed by atoms with Crippen LogP contribution < -0.4 is 15.4 Å². The highest BCUT2D eigenvalue weighted by Gasteiger charge is 2.02. The monoisotopic (exact) mass is 460 g/mol. The molecule has 35 heavy (non-hydrogen) atoms. The first-order valence-electron chi connectivity index (χ1n) is 11.1. The smallest absolute Gasteiger partial charge is 0.248 e. The molecule has 172 valence electrons. The fourth-order valence-electron chi connectivity index (χ4n) is 3.19. The second kappa shape index (κ2) is 11.8. The van der Waals surface area contributed by atoms with Gasteiger partial charge in [0.15, 0.2) is 0 Å². The van der Waals surface area contributed by atoms with E-state index >= 15 is 0 Å². The van der Waals surface area contributed by atoms with Gasteiger partial charge < -0.3 is 15.4 Å². The van der Waals surface area contributed by atoms with Crippen LogP contribution >= 0.6 is 0 Å². The van der Waals surface area contributed by atoms with Crippen LogP contribution in [-0.4, -0.2) is 11.8 Å². The first-order valence-corrected chi connectivity index (χ1v) is 11.1. The van der Waals surface area contributed by atoms with Gasteiger partial charge in [-0.2, -0.15) is 0 Å². The molecule has 0 aliphatic carbocycles. The molecule has 0 saturated carbocycles. The molecule has 2 N–H and O–H groups in total. The molecule has 4 rings (SSSR count). The summed E-state index contributed by atoms with van der Waals surface area (Å²) < 4.78 is 5.86. The highest BCUT2D eigenvalue weighted by Crippen LogP contribution is 2.24. The molecule has 0 saturated heterocycles. The number of hydrogen-bond donors (Lipinski definition) is 2. The van der Waals surface area contributed by atoms with E-state index in [1.165, 1.54) is 12.2 Å². The van der Waals surface area contributed by atoms with Crippen molar-refractivity contribution in [1.82, 2.24) is 0 Å². The molecule has 0 aliphatic heterocycles. The van der Waals surface area contributed by atoms with E-state index in [1.54, 1.807) is 60.7 Å². The minimum atomic E-state index is -0.209. The van der Waals surface area contributed by atoms with Crippen molar-refractivity contribution >= 4 is 35.3 Å². The van der Waals surface area contributed by atoms with Gasteiger partial charge in [-0.25, -0.2) is 0 Å². The van der Waals surface area contributed by atoms with Gasteiger partial charge in [-0.15, -0.1) is 0 Å². The number of hydrogen-bond acceptors (Lipinski definition) is 3. The first kappa shape index (κ1) is 23.3. The molecule has 0 fully saturated rings. The van der Waals surface area contributed by atoms with Crippen molar-refractivity contribution in [2.45, 2.75) is 0 Å². The zero-order chi connectivity index (χ0) is 24.3. The Morgan fingerprint density at radius 3 is 1.26 bits per heavy atom. The number of amides is 2. The molecule has 0 atom stereocenters. The molecule has 0 unspecified atom stereocenters. The molecule has 0 radical (unpaired) electrons. The third kappa shape index (κ3) is 7.58. The van der Waals surface area contributed by atoms with Gasteiger partial charge in [0.2, 0.25) is 11.8 Å². The van der Waals surface area contributed by atoms with Crippen LogP contribution in [0.15, 0.2) is 121 Å². The van der Waals surface area contributed by atoms with Gasteiger partial charge in [-0.3, -0.25) is 9.59 Å². The van der Waals surface area contributed by atoms with Crippen LogP contribution in [0.5, 0.6) is 11.5 Å². The van der Waals surface area contributed by atoms with Gasteiger partial charge in [-0.05, 0) is 71.8 Å². The third-order valence-electron chi connectivity index (χ3n) is 4.93. The Labute approximate surface area is 204 Å². The maximum Gasteiger partial charge on any atom is 0.248 e. The number of nitrogens with one attached hydrogen (secondary N) is 2. The fraction of sp³-hybridized carbons (Fsp3) is 0. The van der Waals surface area contributed by atoms with Crippen molar-refractivity contribution < 1.29 is 14.3 Å². The van der Waals surface area contributed by atoms with E-state index in [1.807, 2.05) is 60.7 Å². The van der Waals surface area contributed by atoms with E-state index in [-0.39, 0.29) is 11.8 Å². The van der Waals surface area contributed by atoms with Crippen molar-refractivity contribution in [3.05, 3.63) is 132 Å². The number of benzene rings is 4. The molecule has 0 heterocycles. The summed E-state index contributed by atoms with van der Waals surface area (Å²) >= 11 is 0. The molecular formula is C30H24N2O3. The molecule has 5 nitrogen and oxygen atoms in total. The average Bonchev–Trinajstić information content (AvgIpc) is 2.90. The molecule has 2 amide bonds. The van der Waals surface area contributed by atoms with Gasteiger partial charge in [0, 0.05) is 23.5 Å². The summed E-state index contributed by atoms with van der Waals surface area (Å²) in [4.78, 5) is 24.2. The Balaban J connectivity index is 1.27. The predicted molar refractivity (Wildman–Crippen MR) is 141 cm³/mol. The minimum absolute atomic E-state index is 0.209. The molecule has 4 aromatic carbocycles. The van der Waals surface area contributed by atoms with Crippen LogP contribution in [0.4, 0.5) is 11.4 Å². The normalized spacial score (nSPS) is 10.9. The molecule has 5 heteroatoms. The molecule has 0 aromatic heterocycles. The average molecular weight is 461 g/mol. The number of carbonyl (C=O) groups is 2. The Morgan fingerprint density at radius 1 is 0.514 bits per heavy atom. The van der Waals surface area contributed by atoms with Crippen molar-refractivity contribution in [3.63, 3.8) is 0 Å². The van der Waals surface area contributed by atoms with Crippen molar-refractivity contribution in [2.24, 2.45) is 0 Å². The van der Waals surface area contributed by atoms with Crippen LogP contribution in [0.3, 0.4) is 0 Å². The van der Waals surface area contributed by atoms with E-state index in [9.17, 15) is 9.59 Å². The Hall–Kier alpha value is -4.90. The second-order valence-electron chi connectivity index (χ2n) is 7.62. The second-order valence-corrected chi connectivity index (χ2v) is 7.62. The van der Waals surface area contributed by atoms with E-state index < -0.39 is 0 Å². The summed E-state index contributed by atoms with van der Waals surface area (Å²) in [6.45, 7) is 0. The highest BCUT2D eigenvalue weighted by atomic mass is 16.5. The van der Waals surface area contributed by atoms with Crippen LogP contribution in [-0.2, 0) is 9.59 Å². The summed E-state index contributed by atoms with van der Waals surface area (Å²) in [6.07, 6.45) is 6.52. The van der Waals surface area contributed by atoms with Crippen LogP contribution in [0.25, 0.3) is 12.2 Å². The third-order valence-corrected chi connectivity index (χ3v) is 4.93. The number of rotatable bonds is 8. The van der Waals surface area contributed by atoms with Gasteiger partial charge in [0.25, 0.3) is 0 Å². The van der Waals surface area contributed by atoms with Crippen LogP contribution in [0.2, 0.25) is 0 Å². The minimum Gasteiger partial charge on any atom is -0.457 e. The SMILES string of the molecule is O=C(/C=C/c1ccccc1)Nc1ccc(Oc2ccc(NC(=O)/C=C/c3ccccc3)cc2)cc1. The molecule has 0 aliphatic rings. The maximum atomic E-state index is 12.1. The quantitative estimate of drug-likeness (QED) is 0.285. The topological polar surface area (TPSA) is 67.4 Å². The summed E-state index contributed by atoms with van der Waals surface area (Å²) in [7, 11) is 0. The first-order chi connectivity index (χ1) is 17.1. The van der Waals surface area contributed by atoms with E-state index in [4.69, 9.17) is 4.74 Å². The number of anilines is 2.